The van der Waals surface area contributed by atoms with Crippen LogP contribution in [0.15, 0.2) is 41.4 Å². The third-order valence-electron chi connectivity index (χ3n) is 5.08. The molecular weight excluding hydrogens is 390 g/mol. The molecule has 2 aromatic carbocycles. The number of hydrogen-bond donors (Lipinski definition) is 0. The molecule has 4 N–H and O–H groups in total. The molecule has 2 aromatic rings. The van der Waals surface area contributed by atoms with Crippen LogP contribution in [0.2, 0.25) is 0 Å². The lowest BCUT2D eigenvalue weighted by atomic mass is 9.86. The topological polar surface area (TPSA) is 93.8 Å². The molecule has 0 saturated heterocycles. The SMILES string of the molecule is COc1cc2c(cc1OC)C(C(C)c1ccc(CC(C)C)cc1)=NCC2.Cl.O.O. The van der Waals surface area contributed by atoms with Gasteiger partial charge in [-0.25, -0.2) is 0 Å². The zero-order valence-corrected chi connectivity index (χ0v) is 18.7. The van der Waals surface area contributed by atoms with Gasteiger partial charge >= 0.3 is 0 Å². The molecule has 1 aliphatic rings. The largest absolute Gasteiger partial charge is 0.493 e. The second kappa shape index (κ2) is 11.8. The van der Waals surface area contributed by atoms with Crippen molar-refractivity contribution in [3.63, 3.8) is 0 Å². The molecule has 0 radical (unpaired) electrons. The van der Waals surface area contributed by atoms with Gasteiger partial charge in [0.05, 0.1) is 14.2 Å². The Hall–Kier alpha value is -2.08. The van der Waals surface area contributed by atoms with E-state index in [1.807, 2.05) is 0 Å². The molecule has 162 valence electrons. The summed E-state index contributed by atoms with van der Waals surface area (Å²) >= 11 is 0. The van der Waals surface area contributed by atoms with Crippen LogP contribution < -0.4 is 9.47 Å². The number of halogens is 1. The van der Waals surface area contributed by atoms with Crippen molar-refractivity contribution in [2.24, 2.45) is 10.9 Å². The van der Waals surface area contributed by atoms with Crippen LogP contribution in [0.4, 0.5) is 0 Å². The summed E-state index contributed by atoms with van der Waals surface area (Å²) in [7, 11) is 3.37. The van der Waals surface area contributed by atoms with Gasteiger partial charge in [-0.3, -0.25) is 4.99 Å². The third-order valence-corrected chi connectivity index (χ3v) is 5.08. The minimum Gasteiger partial charge on any atom is -0.493 e. The van der Waals surface area contributed by atoms with Crippen molar-refractivity contribution in [3.05, 3.63) is 58.7 Å². The number of nitrogens with zero attached hydrogens (tertiary/aromatic N) is 1. The van der Waals surface area contributed by atoms with Gasteiger partial charge in [0.1, 0.15) is 0 Å². The molecule has 0 spiro atoms. The highest BCUT2D eigenvalue weighted by atomic mass is 35.5. The molecule has 1 unspecified atom stereocenters. The van der Waals surface area contributed by atoms with Gasteiger partial charge in [0.2, 0.25) is 0 Å². The molecule has 1 aliphatic heterocycles. The van der Waals surface area contributed by atoms with Crippen LogP contribution in [0.1, 0.15) is 48.9 Å². The Kier molecular flexibility index (Phi) is 11.0. The van der Waals surface area contributed by atoms with E-state index in [4.69, 9.17) is 14.5 Å². The van der Waals surface area contributed by atoms with Crippen LogP contribution in [0, 0.1) is 5.92 Å². The predicted molar refractivity (Wildman–Crippen MR) is 123 cm³/mol. The summed E-state index contributed by atoms with van der Waals surface area (Å²) in [6.45, 7) is 7.58. The average Bonchev–Trinajstić information content (AvgIpc) is 2.65. The van der Waals surface area contributed by atoms with Crippen LogP contribution in [0.3, 0.4) is 0 Å². The summed E-state index contributed by atoms with van der Waals surface area (Å²) in [4.78, 5) is 4.87. The molecule has 6 heteroatoms. The zero-order chi connectivity index (χ0) is 18.7. The minimum absolute atomic E-state index is 0. The molecule has 0 aliphatic carbocycles. The predicted octanol–water partition coefficient (Wildman–Crippen LogP) is 3.82. The molecule has 1 atom stereocenters. The lowest BCUT2D eigenvalue weighted by Gasteiger charge is -2.24. The third kappa shape index (κ3) is 5.95. The Morgan fingerprint density at radius 1 is 0.931 bits per heavy atom. The maximum atomic E-state index is 5.51. The Balaban J connectivity index is 0.00000261. The highest BCUT2D eigenvalue weighted by molar-refractivity contribution is 6.07. The van der Waals surface area contributed by atoms with E-state index >= 15 is 0 Å². The summed E-state index contributed by atoms with van der Waals surface area (Å²) in [6.07, 6.45) is 2.06. The Morgan fingerprint density at radius 3 is 2.07 bits per heavy atom. The monoisotopic (exact) mass is 423 g/mol. The highest BCUT2D eigenvalue weighted by Crippen LogP contribution is 2.35. The number of hydrogen-bond acceptors (Lipinski definition) is 3. The first-order valence-electron chi connectivity index (χ1n) is 9.42. The Morgan fingerprint density at radius 2 is 1.52 bits per heavy atom. The molecule has 29 heavy (non-hydrogen) atoms. The number of fused-ring (bicyclic) bond motifs is 1. The molecule has 0 bridgehead atoms. The first kappa shape index (κ1) is 26.9. The van der Waals surface area contributed by atoms with E-state index in [1.54, 1.807) is 14.2 Å². The van der Waals surface area contributed by atoms with Crippen molar-refractivity contribution in [2.75, 3.05) is 20.8 Å². The molecule has 0 saturated carbocycles. The second-order valence-electron chi connectivity index (χ2n) is 7.44. The molecular formula is C23H34ClNO4. The van der Waals surface area contributed by atoms with Gasteiger partial charge in [-0.1, -0.05) is 45.0 Å². The molecule has 1 heterocycles. The van der Waals surface area contributed by atoms with Gasteiger partial charge in [0, 0.05) is 23.7 Å². The van der Waals surface area contributed by atoms with Crippen LogP contribution in [-0.4, -0.2) is 37.4 Å². The van der Waals surface area contributed by atoms with Crippen molar-refractivity contribution in [2.45, 2.75) is 39.5 Å². The fourth-order valence-electron chi connectivity index (χ4n) is 3.69. The van der Waals surface area contributed by atoms with Gasteiger partial charge in [-0.05, 0) is 47.6 Å². The summed E-state index contributed by atoms with van der Waals surface area (Å²) in [5.74, 6) is 2.48. The number of aliphatic imine (C=N–C) groups is 1. The smallest absolute Gasteiger partial charge is 0.161 e. The number of ether oxygens (including phenoxy) is 2. The van der Waals surface area contributed by atoms with Crippen LogP contribution in [-0.2, 0) is 12.8 Å². The van der Waals surface area contributed by atoms with E-state index in [-0.39, 0.29) is 29.3 Å². The fourth-order valence-corrected chi connectivity index (χ4v) is 3.69. The van der Waals surface area contributed by atoms with Gasteiger partial charge in [0.25, 0.3) is 0 Å². The Labute approximate surface area is 180 Å². The van der Waals surface area contributed by atoms with Gasteiger partial charge in [-0.15, -0.1) is 12.4 Å². The molecule has 0 fully saturated rings. The molecule has 5 nitrogen and oxygen atoms in total. The van der Waals surface area contributed by atoms with E-state index in [2.05, 4.69) is 57.2 Å². The summed E-state index contributed by atoms with van der Waals surface area (Å²) < 4.78 is 11.0. The first-order valence-corrected chi connectivity index (χ1v) is 9.42. The zero-order valence-electron chi connectivity index (χ0n) is 17.9. The van der Waals surface area contributed by atoms with Crippen molar-refractivity contribution in [1.82, 2.24) is 0 Å². The van der Waals surface area contributed by atoms with Crippen LogP contribution in [0.5, 0.6) is 11.5 Å². The maximum Gasteiger partial charge on any atom is 0.161 e. The standard InChI is InChI=1S/C23H29NO2.ClH.2H2O/c1-15(2)12-17-6-8-18(9-7-17)16(3)23-20-14-22(26-5)21(25-4)13-19(20)10-11-24-23;;;/h6-9,13-16H,10-12H2,1-5H3;1H;2*1H2. The number of rotatable bonds is 6. The number of benzene rings is 2. The second-order valence-corrected chi connectivity index (χ2v) is 7.44. The van der Waals surface area contributed by atoms with Gasteiger partial charge in [-0.2, -0.15) is 0 Å². The maximum absolute atomic E-state index is 5.51. The molecule has 0 amide bonds. The minimum atomic E-state index is 0. The first-order chi connectivity index (χ1) is 12.5. The summed E-state index contributed by atoms with van der Waals surface area (Å²) in [5, 5.41) is 0. The highest BCUT2D eigenvalue weighted by Gasteiger charge is 2.23. The summed E-state index contributed by atoms with van der Waals surface area (Å²) in [5.41, 5.74) is 6.32. The van der Waals surface area contributed by atoms with Gasteiger partial charge in [0.15, 0.2) is 11.5 Å². The average molecular weight is 424 g/mol. The van der Waals surface area contributed by atoms with E-state index < -0.39 is 0 Å². The molecule has 3 rings (SSSR count). The molecule has 0 aromatic heterocycles. The normalized spacial score (nSPS) is 13.1. The van der Waals surface area contributed by atoms with Crippen LogP contribution in [0.25, 0.3) is 0 Å². The lowest BCUT2D eigenvalue weighted by molar-refractivity contribution is 0.354. The fraction of sp³-hybridized carbons (Fsp3) is 0.435. The van der Waals surface area contributed by atoms with Crippen LogP contribution >= 0.6 is 12.4 Å². The number of methoxy groups -OCH3 is 2. The van der Waals surface area contributed by atoms with E-state index in [1.165, 1.54) is 22.3 Å². The van der Waals surface area contributed by atoms with Gasteiger partial charge < -0.3 is 20.4 Å². The quantitative estimate of drug-likeness (QED) is 0.706. The van der Waals surface area contributed by atoms with E-state index in [9.17, 15) is 0 Å². The van der Waals surface area contributed by atoms with E-state index in [0.717, 1.165) is 36.6 Å². The summed E-state index contributed by atoms with van der Waals surface area (Å²) in [6, 6.07) is 13.2. The van der Waals surface area contributed by atoms with Crippen molar-refractivity contribution >= 4 is 18.1 Å². The van der Waals surface area contributed by atoms with E-state index in [0.29, 0.717) is 5.92 Å². The lowest BCUT2D eigenvalue weighted by Crippen LogP contribution is -2.19. The van der Waals surface area contributed by atoms with Crippen molar-refractivity contribution in [1.29, 1.82) is 0 Å². The Bertz CT molecular complexity index is 803. The van der Waals surface area contributed by atoms with Crippen molar-refractivity contribution in [3.8, 4) is 11.5 Å². The van der Waals surface area contributed by atoms with Crippen molar-refractivity contribution < 1.29 is 20.4 Å².